The zero-order valence-corrected chi connectivity index (χ0v) is 20.0. The van der Waals surface area contributed by atoms with Crippen LogP contribution in [0.4, 0.5) is 5.69 Å². The Balaban J connectivity index is 1.63. The van der Waals surface area contributed by atoms with Gasteiger partial charge in [0.25, 0.3) is 5.91 Å². The summed E-state index contributed by atoms with van der Waals surface area (Å²) >= 11 is 1.89. The molecule has 0 bridgehead atoms. The number of fused-ring (bicyclic) bond motifs is 1. The van der Waals surface area contributed by atoms with Crippen LogP contribution >= 0.6 is 11.8 Å². The second-order valence-corrected chi connectivity index (χ2v) is 9.91. The van der Waals surface area contributed by atoms with Crippen LogP contribution < -0.4 is 10.9 Å². The molecule has 2 heterocycles. The van der Waals surface area contributed by atoms with Gasteiger partial charge in [0.1, 0.15) is 5.58 Å². The lowest BCUT2D eigenvalue weighted by Gasteiger charge is -2.27. The van der Waals surface area contributed by atoms with Gasteiger partial charge in [0.05, 0.1) is 0 Å². The van der Waals surface area contributed by atoms with E-state index in [-0.39, 0.29) is 11.5 Å². The number of benzene rings is 2. The number of rotatable bonds is 5. The zero-order valence-electron chi connectivity index (χ0n) is 19.2. The lowest BCUT2D eigenvalue weighted by Crippen LogP contribution is -2.38. The molecule has 1 saturated heterocycles. The Morgan fingerprint density at radius 1 is 1.16 bits per heavy atom. The Morgan fingerprint density at radius 2 is 1.91 bits per heavy atom. The van der Waals surface area contributed by atoms with E-state index in [9.17, 15) is 9.59 Å². The molecule has 2 aromatic carbocycles. The van der Waals surface area contributed by atoms with E-state index in [2.05, 4.69) is 25.2 Å². The highest BCUT2D eigenvalue weighted by Gasteiger charge is 2.21. The maximum atomic E-state index is 13.0. The SMILES string of the molecule is Cc1cc2oc(=O)cc(CNc3cccc(C(=O)N4CCSCC4)c3C)c2cc1C(C)C. The summed E-state index contributed by atoms with van der Waals surface area (Å²) in [5.74, 6) is 2.45. The molecule has 0 radical (unpaired) electrons. The van der Waals surface area contributed by atoms with Crippen LogP contribution in [0.2, 0.25) is 0 Å². The molecule has 1 aliphatic heterocycles. The Morgan fingerprint density at radius 3 is 2.62 bits per heavy atom. The van der Waals surface area contributed by atoms with E-state index < -0.39 is 0 Å². The van der Waals surface area contributed by atoms with Crippen LogP contribution in [-0.4, -0.2) is 35.4 Å². The minimum Gasteiger partial charge on any atom is -0.423 e. The van der Waals surface area contributed by atoms with Gasteiger partial charge in [0.2, 0.25) is 0 Å². The molecule has 32 heavy (non-hydrogen) atoms. The first-order chi connectivity index (χ1) is 15.3. The predicted octanol–water partition coefficient (Wildman–Crippen LogP) is 5.33. The number of thioether (sulfide) groups is 1. The first kappa shape index (κ1) is 22.5. The van der Waals surface area contributed by atoms with Gasteiger partial charge in [-0.05, 0) is 66.3 Å². The molecule has 6 heteroatoms. The second-order valence-electron chi connectivity index (χ2n) is 8.69. The van der Waals surface area contributed by atoms with Gasteiger partial charge in [-0.25, -0.2) is 4.79 Å². The predicted molar refractivity (Wildman–Crippen MR) is 133 cm³/mol. The molecule has 0 atom stereocenters. The van der Waals surface area contributed by atoms with Crippen molar-refractivity contribution in [3.8, 4) is 0 Å². The van der Waals surface area contributed by atoms with E-state index in [0.717, 1.165) is 57.9 Å². The van der Waals surface area contributed by atoms with Crippen molar-refractivity contribution in [1.29, 1.82) is 0 Å². The van der Waals surface area contributed by atoms with Crippen molar-refractivity contribution in [1.82, 2.24) is 4.90 Å². The minimum absolute atomic E-state index is 0.0919. The van der Waals surface area contributed by atoms with E-state index in [4.69, 9.17) is 4.42 Å². The van der Waals surface area contributed by atoms with Gasteiger partial charge in [-0.15, -0.1) is 0 Å². The van der Waals surface area contributed by atoms with Gasteiger partial charge in [-0.1, -0.05) is 19.9 Å². The fourth-order valence-corrected chi connectivity index (χ4v) is 5.25. The molecule has 3 aromatic rings. The van der Waals surface area contributed by atoms with Crippen molar-refractivity contribution in [2.24, 2.45) is 0 Å². The number of anilines is 1. The van der Waals surface area contributed by atoms with Gasteiger partial charge in [0, 0.05) is 53.8 Å². The standard InChI is InChI=1S/C26H30N2O3S/c1-16(2)21-14-22-19(13-25(29)31-24(22)12-17(21)3)15-27-23-7-5-6-20(18(23)4)26(30)28-8-10-32-11-9-28/h5-7,12-14,16,27H,8-11,15H2,1-4H3. The van der Waals surface area contributed by atoms with Crippen LogP contribution in [0.15, 0.2) is 45.6 Å². The van der Waals surface area contributed by atoms with Crippen molar-refractivity contribution < 1.29 is 9.21 Å². The summed E-state index contributed by atoms with van der Waals surface area (Å²) in [6, 6.07) is 11.4. The molecule has 1 N–H and O–H groups in total. The van der Waals surface area contributed by atoms with Crippen LogP contribution in [0.25, 0.3) is 11.0 Å². The molecule has 168 valence electrons. The van der Waals surface area contributed by atoms with Crippen molar-refractivity contribution >= 4 is 34.3 Å². The summed E-state index contributed by atoms with van der Waals surface area (Å²) in [5.41, 5.74) is 6.09. The number of carbonyl (C=O) groups excluding carboxylic acids is 1. The largest absolute Gasteiger partial charge is 0.423 e. The van der Waals surface area contributed by atoms with Crippen LogP contribution in [0.5, 0.6) is 0 Å². The molecule has 0 spiro atoms. The average molecular weight is 451 g/mol. The highest BCUT2D eigenvalue weighted by molar-refractivity contribution is 7.99. The molecule has 1 aromatic heterocycles. The molecular weight excluding hydrogens is 420 g/mol. The summed E-state index contributed by atoms with van der Waals surface area (Å²) in [4.78, 5) is 27.2. The molecule has 0 unspecified atom stereocenters. The number of nitrogens with zero attached hydrogens (tertiary/aromatic N) is 1. The Bertz CT molecular complexity index is 1210. The topological polar surface area (TPSA) is 62.6 Å². The maximum Gasteiger partial charge on any atom is 0.336 e. The van der Waals surface area contributed by atoms with Gasteiger partial charge in [-0.3, -0.25) is 4.79 Å². The number of nitrogens with one attached hydrogen (secondary N) is 1. The summed E-state index contributed by atoms with van der Waals surface area (Å²) in [6.45, 7) is 10.4. The van der Waals surface area contributed by atoms with E-state index in [0.29, 0.717) is 18.0 Å². The van der Waals surface area contributed by atoms with Crippen molar-refractivity contribution in [3.05, 3.63) is 74.6 Å². The van der Waals surface area contributed by atoms with Gasteiger partial charge >= 0.3 is 5.63 Å². The lowest BCUT2D eigenvalue weighted by atomic mass is 9.95. The minimum atomic E-state index is -0.352. The number of aryl methyl sites for hydroxylation is 1. The quantitative estimate of drug-likeness (QED) is 0.532. The number of amides is 1. The van der Waals surface area contributed by atoms with E-state index in [1.54, 1.807) is 6.07 Å². The molecule has 0 aliphatic carbocycles. The normalized spacial score (nSPS) is 14.2. The Kier molecular flexibility index (Phi) is 6.60. The fourth-order valence-electron chi connectivity index (χ4n) is 4.35. The smallest absolute Gasteiger partial charge is 0.336 e. The second kappa shape index (κ2) is 9.41. The third kappa shape index (κ3) is 4.56. The van der Waals surface area contributed by atoms with E-state index >= 15 is 0 Å². The van der Waals surface area contributed by atoms with E-state index in [1.807, 2.05) is 54.8 Å². The van der Waals surface area contributed by atoms with Crippen LogP contribution in [0.3, 0.4) is 0 Å². The molecule has 5 nitrogen and oxygen atoms in total. The van der Waals surface area contributed by atoms with E-state index in [1.165, 1.54) is 5.56 Å². The highest BCUT2D eigenvalue weighted by atomic mass is 32.2. The molecule has 0 saturated carbocycles. The average Bonchev–Trinajstić information content (AvgIpc) is 2.77. The Hall–Kier alpha value is -2.73. The highest BCUT2D eigenvalue weighted by Crippen LogP contribution is 2.28. The summed E-state index contributed by atoms with van der Waals surface area (Å²) in [7, 11) is 0. The molecular formula is C26H30N2O3S. The van der Waals surface area contributed by atoms with Gasteiger partial charge in [0.15, 0.2) is 0 Å². The van der Waals surface area contributed by atoms with Crippen LogP contribution in [0.1, 0.15) is 52.4 Å². The lowest BCUT2D eigenvalue weighted by molar-refractivity contribution is 0.0771. The summed E-state index contributed by atoms with van der Waals surface area (Å²) in [6.07, 6.45) is 0. The van der Waals surface area contributed by atoms with Crippen LogP contribution in [0, 0.1) is 13.8 Å². The number of hydrogen-bond acceptors (Lipinski definition) is 5. The zero-order chi connectivity index (χ0) is 22.8. The monoisotopic (exact) mass is 450 g/mol. The molecule has 4 rings (SSSR count). The fraction of sp³-hybridized carbons (Fsp3) is 0.385. The Labute approximate surface area is 193 Å². The molecule has 1 fully saturated rings. The third-order valence-electron chi connectivity index (χ3n) is 6.17. The molecule has 1 aliphatic rings. The van der Waals surface area contributed by atoms with Gasteiger partial charge < -0.3 is 14.6 Å². The maximum absolute atomic E-state index is 13.0. The number of hydrogen-bond donors (Lipinski definition) is 1. The van der Waals surface area contributed by atoms with Gasteiger partial charge in [-0.2, -0.15) is 11.8 Å². The third-order valence-corrected chi connectivity index (χ3v) is 7.11. The van der Waals surface area contributed by atoms with Crippen molar-refractivity contribution in [2.75, 3.05) is 29.9 Å². The van der Waals surface area contributed by atoms with Crippen molar-refractivity contribution in [2.45, 2.75) is 40.2 Å². The number of carbonyl (C=O) groups is 1. The van der Waals surface area contributed by atoms with Crippen LogP contribution in [-0.2, 0) is 6.54 Å². The summed E-state index contributed by atoms with van der Waals surface area (Å²) in [5, 5.41) is 4.40. The summed E-state index contributed by atoms with van der Waals surface area (Å²) < 4.78 is 5.48. The molecule has 1 amide bonds. The first-order valence-corrected chi connectivity index (χ1v) is 12.3. The first-order valence-electron chi connectivity index (χ1n) is 11.1. The van der Waals surface area contributed by atoms with Crippen molar-refractivity contribution in [3.63, 3.8) is 0 Å².